The van der Waals surface area contributed by atoms with E-state index in [4.69, 9.17) is 6.42 Å². The zero-order chi connectivity index (χ0) is 10.4. The highest BCUT2D eigenvalue weighted by atomic mass is 16.3. The Bertz CT molecular complexity index is 307. The van der Waals surface area contributed by atoms with E-state index < -0.39 is 5.41 Å². The molecular formula is C12H14O2. The molecule has 2 heteroatoms. The molecule has 0 aliphatic rings. The van der Waals surface area contributed by atoms with Crippen molar-refractivity contribution in [3.63, 3.8) is 0 Å². The van der Waals surface area contributed by atoms with E-state index in [2.05, 4.69) is 5.92 Å². The Morgan fingerprint density at radius 2 is 1.71 bits per heavy atom. The van der Waals surface area contributed by atoms with Crippen molar-refractivity contribution < 1.29 is 10.2 Å². The molecular weight excluding hydrogens is 176 g/mol. The molecule has 14 heavy (non-hydrogen) atoms. The van der Waals surface area contributed by atoms with Crippen LogP contribution < -0.4 is 0 Å². The maximum Gasteiger partial charge on any atom is 0.0559 e. The first-order valence-electron chi connectivity index (χ1n) is 4.50. The summed E-state index contributed by atoms with van der Waals surface area (Å²) in [5.41, 5.74) is 0.179. The molecule has 1 aromatic rings. The Kier molecular flexibility index (Phi) is 3.70. The quantitative estimate of drug-likeness (QED) is 0.693. The van der Waals surface area contributed by atoms with Crippen molar-refractivity contribution in [1.29, 1.82) is 0 Å². The first kappa shape index (κ1) is 10.8. The highest BCUT2D eigenvalue weighted by Gasteiger charge is 2.29. The van der Waals surface area contributed by atoms with E-state index in [-0.39, 0.29) is 13.2 Å². The van der Waals surface area contributed by atoms with Gasteiger partial charge in [0.15, 0.2) is 0 Å². The molecule has 0 heterocycles. The summed E-state index contributed by atoms with van der Waals surface area (Å²) in [6.07, 6.45) is 5.57. The normalized spacial score (nSPS) is 10.9. The molecule has 0 radical (unpaired) electrons. The van der Waals surface area contributed by atoms with Crippen LogP contribution in [0.1, 0.15) is 12.0 Å². The average Bonchev–Trinajstić information content (AvgIpc) is 2.27. The summed E-state index contributed by atoms with van der Waals surface area (Å²) in [6.45, 7) is -0.282. The predicted octanol–water partition coefficient (Wildman–Crippen LogP) is 0.932. The smallest absolute Gasteiger partial charge is 0.0559 e. The van der Waals surface area contributed by atoms with E-state index in [0.29, 0.717) is 6.42 Å². The lowest BCUT2D eigenvalue weighted by Crippen LogP contribution is -2.34. The van der Waals surface area contributed by atoms with Crippen molar-refractivity contribution in [3.8, 4) is 12.3 Å². The van der Waals surface area contributed by atoms with Crippen LogP contribution >= 0.6 is 0 Å². The third-order valence-corrected chi connectivity index (χ3v) is 2.43. The molecule has 0 spiro atoms. The Hall–Kier alpha value is -1.30. The number of hydrogen-bond donors (Lipinski definition) is 2. The molecule has 0 amide bonds. The molecule has 74 valence electrons. The van der Waals surface area contributed by atoms with Crippen LogP contribution in [-0.4, -0.2) is 23.4 Å². The Labute approximate surface area is 84.2 Å². The molecule has 1 rings (SSSR count). The summed E-state index contributed by atoms with van der Waals surface area (Å²) < 4.78 is 0. The molecule has 0 saturated heterocycles. The second-order valence-corrected chi connectivity index (χ2v) is 3.34. The molecule has 0 atom stereocenters. The van der Waals surface area contributed by atoms with E-state index >= 15 is 0 Å². The number of terminal acetylenes is 1. The summed E-state index contributed by atoms with van der Waals surface area (Å²) in [5.74, 6) is 2.49. The number of hydrogen-bond acceptors (Lipinski definition) is 2. The van der Waals surface area contributed by atoms with Gasteiger partial charge in [0.05, 0.1) is 18.6 Å². The Morgan fingerprint density at radius 1 is 1.14 bits per heavy atom. The first-order chi connectivity index (χ1) is 6.79. The van der Waals surface area contributed by atoms with Crippen molar-refractivity contribution >= 4 is 0 Å². The number of rotatable bonds is 4. The van der Waals surface area contributed by atoms with E-state index in [0.717, 1.165) is 5.56 Å². The molecule has 1 aromatic carbocycles. The predicted molar refractivity (Wildman–Crippen MR) is 55.7 cm³/mol. The highest BCUT2D eigenvalue weighted by molar-refractivity contribution is 5.27. The SMILES string of the molecule is C#CCC(CO)(CO)c1ccccc1. The summed E-state index contributed by atoms with van der Waals surface area (Å²) >= 11 is 0. The minimum atomic E-state index is -0.698. The van der Waals surface area contributed by atoms with Crippen LogP contribution in [0.3, 0.4) is 0 Å². The van der Waals surface area contributed by atoms with Crippen molar-refractivity contribution in [2.45, 2.75) is 11.8 Å². The zero-order valence-electron chi connectivity index (χ0n) is 7.98. The summed E-state index contributed by atoms with van der Waals surface area (Å²) in [7, 11) is 0. The van der Waals surface area contributed by atoms with Crippen molar-refractivity contribution in [1.82, 2.24) is 0 Å². The number of aliphatic hydroxyl groups excluding tert-OH is 2. The lowest BCUT2D eigenvalue weighted by atomic mass is 9.79. The molecule has 0 aliphatic heterocycles. The third-order valence-electron chi connectivity index (χ3n) is 2.43. The minimum Gasteiger partial charge on any atom is -0.395 e. The van der Waals surface area contributed by atoms with Crippen LogP contribution in [0.2, 0.25) is 0 Å². The van der Waals surface area contributed by atoms with Gasteiger partial charge < -0.3 is 10.2 Å². The summed E-state index contributed by atoms with van der Waals surface area (Å²) in [4.78, 5) is 0. The fourth-order valence-corrected chi connectivity index (χ4v) is 1.43. The van der Waals surface area contributed by atoms with Gasteiger partial charge in [0.25, 0.3) is 0 Å². The van der Waals surface area contributed by atoms with Crippen molar-refractivity contribution in [2.24, 2.45) is 0 Å². The standard InChI is InChI=1S/C12H14O2/c1-2-8-12(9-13,10-14)11-6-4-3-5-7-11/h1,3-7,13-14H,8-10H2. The van der Waals surface area contributed by atoms with Gasteiger partial charge in [0.2, 0.25) is 0 Å². The highest BCUT2D eigenvalue weighted by Crippen LogP contribution is 2.26. The Morgan fingerprint density at radius 3 is 2.14 bits per heavy atom. The van der Waals surface area contributed by atoms with Gasteiger partial charge in [-0.3, -0.25) is 0 Å². The van der Waals surface area contributed by atoms with Crippen LogP contribution in [0.4, 0.5) is 0 Å². The van der Waals surface area contributed by atoms with Crippen LogP contribution in [0, 0.1) is 12.3 Å². The monoisotopic (exact) mass is 190 g/mol. The second kappa shape index (κ2) is 4.80. The lowest BCUT2D eigenvalue weighted by molar-refractivity contribution is 0.120. The van der Waals surface area contributed by atoms with Gasteiger partial charge in [0.1, 0.15) is 0 Å². The molecule has 0 bridgehead atoms. The van der Waals surface area contributed by atoms with Crippen molar-refractivity contribution in [2.75, 3.05) is 13.2 Å². The molecule has 0 saturated carbocycles. The van der Waals surface area contributed by atoms with E-state index in [1.165, 1.54) is 0 Å². The van der Waals surface area contributed by atoms with Gasteiger partial charge in [-0.2, -0.15) is 0 Å². The molecule has 2 nitrogen and oxygen atoms in total. The van der Waals surface area contributed by atoms with Crippen LogP contribution in [0.25, 0.3) is 0 Å². The summed E-state index contributed by atoms with van der Waals surface area (Å²) in [6, 6.07) is 9.35. The van der Waals surface area contributed by atoms with E-state index in [1.807, 2.05) is 30.3 Å². The third kappa shape index (κ3) is 1.95. The maximum atomic E-state index is 9.31. The van der Waals surface area contributed by atoms with Crippen LogP contribution in [0.5, 0.6) is 0 Å². The maximum absolute atomic E-state index is 9.31. The van der Waals surface area contributed by atoms with Gasteiger partial charge in [0, 0.05) is 6.42 Å². The first-order valence-corrected chi connectivity index (χ1v) is 4.50. The number of benzene rings is 1. The number of aliphatic hydroxyl groups is 2. The van der Waals surface area contributed by atoms with Gasteiger partial charge in [-0.05, 0) is 5.56 Å². The topological polar surface area (TPSA) is 40.5 Å². The summed E-state index contributed by atoms with van der Waals surface area (Å²) in [5, 5.41) is 18.6. The molecule has 0 aliphatic carbocycles. The van der Waals surface area contributed by atoms with E-state index in [9.17, 15) is 10.2 Å². The molecule has 0 unspecified atom stereocenters. The molecule has 0 aromatic heterocycles. The zero-order valence-corrected chi connectivity index (χ0v) is 7.98. The van der Waals surface area contributed by atoms with Gasteiger partial charge in [-0.1, -0.05) is 30.3 Å². The minimum absolute atomic E-state index is 0.141. The van der Waals surface area contributed by atoms with Crippen LogP contribution in [0.15, 0.2) is 30.3 Å². The lowest BCUT2D eigenvalue weighted by Gasteiger charge is -2.28. The van der Waals surface area contributed by atoms with Crippen molar-refractivity contribution in [3.05, 3.63) is 35.9 Å². The van der Waals surface area contributed by atoms with E-state index in [1.54, 1.807) is 0 Å². The van der Waals surface area contributed by atoms with Gasteiger partial charge in [-0.15, -0.1) is 12.3 Å². The second-order valence-electron chi connectivity index (χ2n) is 3.34. The van der Waals surface area contributed by atoms with Gasteiger partial charge >= 0.3 is 0 Å². The Balaban J connectivity index is 3.05. The molecule has 0 fully saturated rings. The van der Waals surface area contributed by atoms with Crippen LogP contribution in [-0.2, 0) is 5.41 Å². The van der Waals surface area contributed by atoms with Gasteiger partial charge in [-0.25, -0.2) is 0 Å². The average molecular weight is 190 g/mol. The largest absolute Gasteiger partial charge is 0.395 e. The fraction of sp³-hybridized carbons (Fsp3) is 0.333. The molecule has 2 N–H and O–H groups in total. The fourth-order valence-electron chi connectivity index (χ4n) is 1.43.